The number of nitrogens with zero attached hydrogens (tertiary/aromatic N) is 1. The SMILES string of the molecule is CN(CCCCCCNC1CC1)CCc1cccs1. The van der Waals surface area contributed by atoms with Crippen molar-refractivity contribution >= 4 is 11.3 Å². The molecule has 1 aromatic rings. The molecule has 1 heterocycles. The zero-order valence-electron chi connectivity index (χ0n) is 12.2. The number of hydrogen-bond donors (Lipinski definition) is 1. The molecule has 0 bridgehead atoms. The van der Waals surface area contributed by atoms with Gasteiger partial charge in [0.05, 0.1) is 0 Å². The van der Waals surface area contributed by atoms with E-state index in [1.165, 1.54) is 69.5 Å². The summed E-state index contributed by atoms with van der Waals surface area (Å²) >= 11 is 1.88. The summed E-state index contributed by atoms with van der Waals surface area (Å²) < 4.78 is 0. The summed E-state index contributed by atoms with van der Waals surface area (Å²) in [4.78, 5) is 3.99. The Labute approximate surface area is 122 Å². The summed E-state index contributed by atoms with van der Waals surface area (Å²) in [6, 6.07) is 5.27. The maximum Gasteiger partial charge on any atom is 0.00682 e. The molecule has 0 atom stereocenters. The Bertz CT molecular complexity index is 319. The van der Waals surface area contributed by atoms with Crippen LogP contribution in [0.2, 0.25) is 0 Å². The second kappa shape index (κ2) is 8.72. The molecule has 3 heteroatoms. The van der Waals surface area contributed by atoms with Gasteiger partial charge in [-0.2, -0.15) is 0 Å². The summed E-state index contributed by atoms with van der Waals surface area (Å²) in [6.45, 7) is 3.68. The highest BCUT2D eigenvalue weighted by molar-refractivity contribution is 7.09. The summed E-state index contributed by atoms with van der Waals surface area (Å²) in [5.41, 5.74) is 0. The second-order valence-electron chi connectivity index (χ2n) is 5.78. The smallest absolute Gasteiger partial charge is 0.00682 e. The van der Waals surface area contributed by atoms with E-state index in [9.17, 15) is 0 Å². The van der Waals surface area contributed by atoms with Gasteiger partial charge >= 0.3 is 0 Å². The molecule has 0 saturated heterocycles. The van der Waals surface area contributed by atoms with Crippen molar-refractivity contribution in [3.05, 3.63) is 22.4 Å². The van der Waals surface area contributed by atoms with Crippen LogP contribution in [-0.4, -0.2) is 37.6 Å². The minimum absolute atomic E-state index is 0.878. The molecule has 19 heavy (non-hydrogen) atoms. The number of unbranched alkanes of at least 4 members (excludes halogenated alkanes) is 3. The first-order valence-corrected chi connectivity index (χ1v) is 8.67. The fourth-order valence-electron chi connectivity index (χ4n) is 2.32. The Balaban J connectivity index is 1.37. The number of likely N-dealkylation sites (N-methyl/N-ethyl adjacent to an activating group) is 1. The maximum atomic E-state index is 3.58. The number of rotatable bonds is 11. The Morgan fingerprint density at radius 1 is 1.21 bits per heavy atom. The van der Waals surface area contributed by atoms with Crippen LogP contribution in [0.1, 0.15) is 43.4 Å². The van der Waals surface area contributed by atoms with E-state index in [1.54, 1.807) is 0 Å². The topological polar surface area (TPSA) is 15.3 Å². The molecular weight excluding hydrogens is 252 g/mol. The molecule has 0 amide bonds. The zero-order valence-corrected chi connectivity index (χ0v) is 13.1. The molecule has 1 aromatic heterocycles. The zero-order chi connectivity index (χ0) is 13.3. The first kappa shape index (κ1) is 15.0. The number of thiophene rings is 1. The van der Waals surface area contributed by atoms with Gasteiger partial charge in [-0.05, 0) is 63.7 Å². The van der Waals surface area contributed by atoms with E-state index in [4.69, 9.17) is 0 Å². The Hall–Kier alpha value is -0.380. The van der Waals surface area contributed by atoms with E-state index in [2.05, 4.69) is 34.8 Å². The Kier molecular flexibility index (Phi) is 6.90. The molecule has 0 aromatic carbocycles. The molecule has 1 aliphatic carbocycles. The van der Waals surface area contributed by atoms with Crippen LogP contribution in [0, 0.1) is 0 Å². The molecule has 1 N–H and O–H groups in total. The minimum Gasteiger partial charge on any atom is -0.314 e. The Morgan fingerprint density at radius 2 is 2.05 bits per heavy atom. The van der Waals surface area contributed by atoms with Crippen molar-refractivity contribution in [3.8, 4) is 0 Å². The highest BCUT2D eigenvalue weighted by Gasteiger charge is 2.19. The van der Waals surface area contributed by atoms with Crippen molar-refractivity contribution in [1.82, 2.24) is 10.2 Å². The lowest BCUT2D eigenvalue weighted by Crippen LogP contribution is -2.22. The highest BCUT2D eigenvalue weighted by atomic mass is 32.1. The summed E-state index contributed by atoms with van der Waals surface area (Å²) in [7, 11) is 2.25. The van der Waals surface area contributed by atoms with Gasteiger partial charge in [0.2, 0.25) is 0 Å². The van der Waals surface area contributed by atoms with Crippen LogP contribution in [0.5, 0.6) is 0 Å². The predicted molar refractivity (Wildman–Crippen MR) is 85.0 cm³/mol. The Morgan fingerprint density at radius 3 is 2.79 bits per heavy atom. The molecule has 0 spiro atoms. The second-order valence-corrected chi connectivity index (χ2v) is 6.81. The van der Waals surface area contributed by atoms with Crippen LogP contribution < -0.4 is 5.32 Å². The number of hydrogen-bond acceptors (Lipinski definition) is 3. The van der Waals surface area contributed by atoms with Gasteiger partial charge in [-0.3, -0.25) is 0 Å². The predicted octanol–water partition coefficient (Wildman–Crippen LogP) is 3.53. The lowest BCUT2D eigenvalue weighted by Gasteiger charge is -2.15. The standard InChI is InChI=1S/C16H28N2S/c1-18(13-10-16-7-6-14-19-16)12-5-3-2-4-11-17-15-8-9-15/h6-7,14-15,17H,2-5,8-13H2,1H3. The molecule has 1 saturated carbocycles. The third-order valence-corrected chi connectivity index (χ3v) is 4.73. The van der Waals surface area contributed by atoms with Gasteiger partial charge in [0, 0.05) is 17.5 Å². The first-order valence-electron chi connectivity index (χ1n) is 7.79. The van der Waals surface area contributed by atoms with Gasteiger partial charge in [0.15, 0.2) is 0 Å². The number of nitrogens with one attached hydrogen (secondary N) is 1. The molecule has 2 rings (SSSR count). The van der Waals surface area contributed by atoms with Gasteiger partial charge in [-0.15, -0.1) is 11.3 Å². The van der Waals surface area contributed by atoms with E-state index in [-0.39, 0.29) is 0 Å². The fraction of sp³-hybridized carbons (Fsp3) is 0.750. The normalized spacial score (nSPS) is 15.3. The van der Waals surface area contributed by atoms with Crippen LogP contribution in [0.15, 0.2) is 17.5 Å². The summed E-state index contributed by atoms with van der Waals surface area (Å²) in [5, 5.41) is 5.75. The summed E-state index contributed by atoms with van der Waals surface area (Å²) in [6.07, 6.45) is 9.51. The van der Waals surface area contributed by atoms with Gasteiger partial charge in [-0.1, -0.05) is 18.9 Å². The van der Waals surface area contributed by atoms with E-state index in [0.717, 1.165) is 6.04 Å². The molecule has 0 radical (unpaired) electrons. The van der Waals surface area contributed by atoms with Crippen LogP contribution in [0.3, 0.4) is 0 Å². The lowest BCUT2D eigenvalue weighted by molar-refractivity contribution is 0.328. The van der Waals surface area contributed by atoms with Gasteiger partial charge in [0.25, 0.3) is 0 Å². The fourth-order valence-corrected chi connectivity index (χ4v) is 3.02. The van der Waals surface area contributed by atoms with Crippen molar-refractivity contribution in [2.24, 2.45) is 0 Å². The van der Waals surface area contributed by atoms with E-state index in [1.807, 2.05) is 11.3 Å². The third kappa shape index (κ3) is 7.09. The van der Waals surface area contributed by atoms with Gasteiger partial charge in [0.1, 0.15) is 0 Å². The van der Waals surface area contributed by atoms with Gasteiger partial charge in [-0.25, -0.2) is 0 Å². The van der Waals surface area contributed by atoms with E-state index >= 15 is 0 Å². The highest BCUT2D eigenvalue weighted by Crippen LogP contribution is 2.18. The molecule has 0 aliphatic heterocycles. The van der Waals surface area contributed by atoms with Crippen molar-refractivity contribution in [1.29, 1.82) is 0 Å². The average molecular weight is 280 g/mol. The van der Waals surface area contributed by atoms with Crippen LogP contribution in [0.4, 0.5) is 0 Å². The largest absolute Gasteiger partial charge is 0.314 e. The van der Waals surface area contributed by atoms with Crippen molar-refractivity contribution < 1.29 is 0 Å². The van der Waals surface area contributed by atoms with Crippen molar-refractivity contribution in [2.75, 3.05) is 26.7 Å². The van der Waals surface area contributed by atoms with E-state index in [0.29, 0.717) is 0 Å². The van der Waals surface area contributed by atoms with Crippen molar-refractivity contribution in [3.63, 3.8) is 0 Å². The summed E-state index contributed by atoms with van der Waals surface area (Å²) in [5.74, 6) is 0. The molecule has 1 aliphatic rings. The molecular formula is C16H28N2S. The molecule has 1 fully saturated rings. The van der Waals surface area contributed by atoms with Gasteiger partial charge < -0.3 is 10.2 Å². The average Bonchev–Trinajstić information content (AvgIpc) is 3.09. The first-order chi connectivity index (χ1) is 9.34. The van der Waals surface area contributed by atoms with Crippen LogP contribution in [0.25, 0.3) is 0 Å². The molecule has 2 nitrogen and oxygen atoms in total. The maximum absolute atomic E-state index is 3.58. The van der Waals surface area contributed by atoms with E-state index < -0.39 is 0 Å². The lowest BCUT2D eigenvalue weighted by atomic mass is 10.2. The van der Waals surface area contributed by atoms with Crippen molar-refractivity contribution in [2.45, 2.75) is 51.0 Å². The monoisotopic (exact) mass is 280 g/mol. The van der Waals surface area contributed by atoms with Crippen LogP contribution >= 0.6 is 11.3 Å². The third-order valence-electron chi connectivity index (χ3n) is 3.80. The van der Waals surface area contributed by atoms with Crippen LogP contribution in [-0.2, 0) is 6.42 Å². The molecule has 108 valence electrons. The minimum atomic E-state index is 0.878. The quantitative estimate of drug-likeness (QED) is 0.624. The molecule has 0 unspecified atom stereocenters.